The molecule has 2 nitrogen and oxygen atoms in total. The van der Waals surface area contributed by atoms with E-state index in [1.165, 1.54) is 10.8 Å². The van der Waals surface area contributed by atoms with Gasteiger partial charge in [0.25, 0.3) is 0 Å². The van der Waals surface area contributed by atoms with Gasteiger partial charge >= 0.3 is 0 Å². The van der Waals surface area contributed by atoms with Crippen molar-refractivity contribution < 1.29 is 0 Å². The molecular weight excluding hydrogens is 299 g/mol. The Labute approximate surface area is 100 Å². The highest BCUT2D eigenvalue weighted by Crippen LogP contribution is 2.24. The first-order valence-electron chi connectivity index (χ1n) is 4.66. The molecule has 2 aromatic carbocycles. The molecule has 0 N–H and O–H groups in total. The molecule has 0 spiro atoms. The van der Waals surface area contributed by atoms with Crippen molar-refractivity contribution in [3.8, 4) is 0 Å². The van der Waals surface area contributed by atoms with E-state index >= 15 is 0 Å². The lowest BCUT2D eigenvalue weighted by atomic mass is 10.1. The number of hydrogen-bond acceptors (Lipinski definition) is 2. The van der Waals surface area contributed by atoms with Crippen LogP contribution >= 0.6 is 22.6 Å². The SMILES string of the molecule is Ic1cccc2c1nnc1ccccc12. The fraction of sp³-hybridized carbons (Fsp3) is 0. The van der Waals surface area contributed by atoms with Gasteiger partial charge in [0.2, 0.25) is 0 Å². The third kappa shape index (κ3) is 1.38. The molecule has 0 aliphatic carbocycles. The van der Waals surface area contributed by atoms with Gasteiger partial charge in [-0.2, -0.15) is 0 Å². The van der Waals surface area contributed by atoms with Gasteiger partial charge in [-0.1, -0.05) is 30.3 Å². The van der Waals surface area contributed by atoms with E-state index in [-0.39, 0.29) is 0 Å². The molecule has 3 rings (SSSR count). The Morgan fingerprint density at radius 1 is 0.800 bits per heavy atom. The summed E-state index contributed by atoms with van der Waals surface area (Å²) >= 11 is 2.29. The summed E-state index contributed by atoms with van der Waals surface area (Å²) in [5, 5.41) is 10.8. The molecule has 0 aliphatic heterocycles. The quantitative estimate of drug-likeness (QED) is 0.470. The largest absolute Gasteiger partial charge is 0.150 e. The second-order valence-electron chi connectivity index (χ2n) is 3.35. The van der Waals surface area contributed by atoms with E-state index < -0.39 is 0 Å². The van der Waals surface area contributed by atoms with Gasteiger partial charge in [0, 0.05) is 14.3 Å². The molecule has 0 saturated carbocycles. The van der Waals surface area contributed by atoms with E-state index in [0.717, 1.165) is 14.6 Å². The van der Waals surface area contributed by atoms with Gasteiger partial charge in [0.15, 0.2) is 0 Å². The van der Waals surface area contributed by atoms with Gasteiger partial charge in [-0.05, 0) is 34.7 Å². The van der Waals surface area contributed by atoms with Crippen LogP contribution in [0.2, 0.25) is 0 Å². The minimum absolute atomic E-state index is 0.951. The van der Waals surface area contributed by atoms with Gasteiger partial charge in [-0.25, -0.2) is 0 Å². The molecule has 0 fully saturated rings. The summed E-state index contributed by atoms with van der Waals surface area (Å²) in [5.74, 6) is 0. The molecule has 3 aromatic rings. The molecule has 0 saturated heterocycles. The third-order valence-corrected chi connectivity index (χ3v) is 3.31. The number of aromatic nitrogens is 2. The number of benzene rings is 2. The molecule has 0 aliphatic rings. The highest BCUT2D eigenvalue weighted by atomic mass is 127. The molecule has 15 heavy (non-hydrogen) atoms. The lowest BCUT2D eigenvalue weighted by Gasteiger charge is -2.02. The van der Waals surface area contributed by atoms with Crippen molar-refractivity contribution in [1.29, 1.82) is 0 Å². The molecule has 0 unspecified atom stereocenters. The van der Waals surface area contributed by atoms with Crippen molar-refractivity contribution in [3.05, 3.63) is 46.0 Å². The van der Waals surface area contributed by atoms with E-state index in [0.29, 0.717) is 0 Å². The van der Waals surface area contributed by atoms with Crippen molar-refractivity contribution in [1.82, 2.24) is 10.2 Å². The van der Waals surface area contributed by atoms with Gasteiger partial charge in [-0.15, -0.1) is 10.2 Å². The summed E-state index contributed by atoms with van der Waals surface area (Å²) < 4.78 is 1.14. The summed E-state index contributed by atoms with van der Waals surface area (Å²) in [6, 6.07) is 14.3. The maximum absolute atomic E-state index is 4.25. The van der Waals surface area contributed by atoms with Crippen molar-refractivity contribution in [2.75, 3.05) is 0 Å². The molecule has 0 radical (unpaired) electrons. The van der Waals surface area contributed by atoms with Crippen LogP contribution in [0.4, 0.5) is 0 Å². The van der Waals surface area contributed by atoms with E-state index in [2.05, 4.69) is 51.0 Å². The van der Waals surface area contributed by atoms with Crippen LogP contribution in [0.5, 0.6) is 0 Å². The fourth-order valence-corrected chi connectivity index (χ4v) is 2.33. The van der Waals surface area contributed by atoms with Crippen LogP contribution < -0.4 is 0 Å². The zero-order chi connectivity index (χ0) is 10.3. The monoisotopic (exact) mass is 306 g/mol. The standard InChI is InChI=1S/C12H7IN2/c13-10-6-3-5-9-8-4-1-2-7-11(8)14-15-12(9)10/h1-7H. The van der Waals surface area contributed by atoms with Crippen molar-refractivity contribution in [3.63, 3.8) is 0 Å². The van der Waals surface area contributed by atoms with Crippen LogP contribution in [0.15, 0.2) is 42.5 Å². The molecule has 1 heterocycles. The molecule has 72 valence electrons. The van der Waals surface area contributed by atoms with Crippen LogP contribution in [0.1, 0.15) is 0 Å². The van der Waals surface area contributed by atoms with Crippen LogP contribution in [0, 0.1) is 3.57 Å². The molecule has 0 atom stereocenters. The Morgan fingerprint density at radius 2 is 1.60 bits per heavy atom. The average molecular weight is 306 g/mol. The summed E-state index contributed by atoms with van der Waals surface area (Å²) in [5.41, 5.74) is 1.93. The highest BCUT2D eigenvalue weighted by Gasteiger charge is 2.04. The predicted octanol–water partition coefficient (Wildman–Crippen LogP) is 3.39. The van der Waals surface area contributed by atoms with Crippen LogP contribution in [-0.2, 0) is 0 Å². The number of fused-ring (bicyclic) bond motifs is 3. The molecule has 0 bridgehead atoms. The number of halogens is 1. The lowest BCUT2D eigenvalue weighted by Crippen LogP contribution is -1.88. The molecule has 1 aromatic heterocycles. The maximum atomic E-state index is 4.25. The Hall–Kier alpha value is -1.23. The highest BCUT2D eigenvalue weighted by molar-refractivity contribution is 14.1. The third-order valence-electron chi connectivity index (χ3n) is 2.44. The minimum atomic E-state index is 0.951. The molecular formula is C12H7IN2. The van der Waals surface area contributed by atoms with Crippen LogP contribution in [0.25, 0.3) is 21.8 Å². The minimum Gasteiger partial charge on any atom is -0.150 e. The average Bonchev–Trinajstić information content (AvgIpc) is 2.29. The van der Waals surface area contributed by atoms with Gasteiger partial charge in [0.1, 0.15) is 5.52 Å². The van der Waals surface area contributed by atoms with E-state index in [1.54, 1.807) is 0 Å². The van der Waals surface area contributed by atoms with E-state index in [1.807, 2.05) is 24.3 Å². The fourth-order valence-electron chi connectivity index (χ4n) is 1.73. The smallest absolute Gasteiger partial charge is 0.107 e. The summed E-state index contributed by atoms with van der Waals surface area (Å²) in [4.78, 5) is 0. The van der Waals surface area contributed by atoms with Crippen LogP contribution in [-0.4, -0.2) is 10.2 Å². The Kier molecular flexibility index (Phi) is 2.05. The van der Waals surface area contributed by atoms with Gasteiger partial charge in [0.05, 0.1) is 5.52 Å². The van der Waals surface area contributed by atoms with Crippen molar-refractivity contribution >= 4 is 44.4 Å². The first-order chi connectivity index (χ1) is 7.36. The Morgan fingerprint density at radius 3 is 2.53 bits per heavy atom. The van der Waals surface area contributed by atoms with E-state index in [9.17, 15) is 0 Å². The second-order valence-corrected chi connectivity index (χ2v) is 4.52. The lowest BCUT2D eigenvalue weighted by molar-refractivity contribution is 1.12. The Balaban J connectivity index is 2.60. The zero-order valence-electron chi connectivity index (χ0n) is 7.81. The maximum Gasteiger partial charge on any atom is 0.107 e. The van der Waals surface area contributed by atoms with Crippen molar-refractivity contribution in [2.45, 2.75) is 0 Å². The number of rotatable bonds is 0. The number of nitrogens with zero attached hydrogens (tertiary/aromatic N) is 2. The first-order valence-corrected chi connectivity index (χ1v) is 5.74. The normalized spacial score (nSPS) is 11.0. The molecule has 0 amide bonds. The second kappa shape index (κ2) is 3.41. The summed E-state index contributed by atoms with van der Waals surface area (Å²) in [6.45, 7) is 0. The summed E-state index contributed by atoms with van der Waals surface area (Å²) in [6.07, 6.45) is 0. The summed E-state index contributed by atoms with van der Waals surface area (Å²) in [7, 11) is 0. The molecule has 3 heteroatoms. The topological polar surface area (TPSA) is 25.8 Å². The zero-order valence-corrected chi connectivity index (χ0v) is 9.97. The van der Waals surface area contributed by atoms with E-state index in [4.69, 9.17) is 0 Å². The van der Waals surface area contributed by atoms with Crippen LogP contribution in [0.3, 0.4) is 0 Å². The Bertz CT molecular complexity index is 649. The predicted molar refractivity (Wildman–Crippen MR) is 69.8 cm³/mol. The number of hydrogen-bond donors (Lipinski definition) is 0. The van der Waals surface area contributed by atoms with Gasteiger partial charge in [-0.3, -0.25) is 0 Å². The first kappa shape index (κ1) is 9.03. The van der Waals surface area contributed by atoms with Gasteiger partial charge < -0.3 is 0 Å². The van der Waals surface area contributed by atoms with Crippen molar-refractivity contribution in [2.24, 2.45) is 0 Å².